The summed E-state index contributed by atoms with van der Waals surface area (Å²) in [6.45, 7) is 1.14. The average Bonchev–Trinajstić information content (AvgIpc) is 3.27. The molecule has 0 saturated carbocycles. The van der Waals surface area contributed by atoms with Crippen molar-refractivity contribution in [1.82, 2.24) is 9.88 Å². The van der Waals surface area contributed by atoms with E-state index in [2.05, 4.69) is 11.1 Å². The van der Waals surface area contributed by atoms with Crippen LogP contribution in [0.2, 0.25) is 0 Å². The molecule has 6 heteroatoms. The number of carbonyl (C=O) groups excluding carboxylic acids is 1. The molecule has 0 spiro atoms. The standard InChI is InChI=1S/C22H23N3O2S/c23-16-22(18-4-2-1-3-5-18)9-11-25(12-10-22)21(26)17-6-7-20(24-14-17)27-19-8-13-28-15-19/h1-7,14,19H,8-13,15H2/t19-/m0/s1. The summed E-state index contributed by atoms with van der Waals surface area (Å²) in [5.41, 5.74) is 1.10. The lowest BCUT2D eigenvalue weighted by Crippen LogP contribution is -2.44. The SMILES string of the molecule is N#CC1(c2ccccc2)CCN(C(=O)c2ccc(O[C@H]3CCSC3)nc2)CC1. The fourth-order valence-corrected chi connectivity index (χ4v) is 4.94. The molecular formula is C22H23N3O2S. The van der Waals surface area contributed by atoms with Crippen molar-refractivity contribution in [3.63, 3.8) is 0 Å². The monoisotopic (exact) mass is 393 g/mol. The lowest BCUT2D eigenvalue weighted by molar-refractivity contribution is 0.0691. The second-order valence-corrected chi connectivity index (χ2v) is 8.49. The Bertz CT molecular complexity index is 850. The molecule has 1 aromatic carbocycles. The van der Waals surface area contributed by atoms with Gasteiger partial charge in [0.2, 0.25) is 5.88 Å². The van der Waals surface area contributed by atoms with Crippen molar-refractivity contribution in [2.45, 2.75) is 30.8 Å². The highest BCUT2D eigenvalue weighted by molar-refractivity contribution is 7.99. The second kappa shape index (κ2) is 8.24. The van der Waals surface area contributed by atoms with Crippen LogP contribution < -0.4 is 4.74 Å². The number of rotatable bonds is 4. The number of piperidine rings is 1. The highest BCUT2D eigenvalue weighted by atomic mass is 32.2. The van der Waals surface area contributed by atoms with Crippen LogP contribution in [-0.2, 0) is 5.41 Å². The molecule has 2 saturated heterocycles. The Morgan fingerprint density at radius 3 is 2.61 bits per heavy atom. The van der Waals surface area contributed by atoms with E-state index in [0.717, 1.165) is 23.5 Å². The predicted octanol–water partition coefficient (Wildman–Crippen LogP) is 3.66. The Hall–Kier alpha value is -2.52. The number of nitrogens with zero attached hydrogens (tertiary/aromatic N) is 3. The number of aromatic nitrogens is 1. The van der Waals surface area contributed by atoms with E-state index < -0.39 is 5.41 Å². The number of nitriles is 1. The topological polar surface area (TPSA) is 66.2 Å². The molecule has 0 N–H and O–H groups in total. The Balaban J connectivity index is 1.39. The molecule has 0 unspecified atom stereocenters. The summed E-state index contributed by atoms with van der Waals surface area (Å²) >= 11 is 1.89. The van der Waals surface area contributed by atoms with Gasteiger partial charge in [-0.05, 0) is 36.6 Å². The van der Waals surface area contributed by atoms with Gasteiger partial charge in [0.05, 0.1) is 17.0 Å². The largest absolute Gasteiger partial charge is 0.473 e. The fourth-order valence-electron chi connectivity index (χ4n) is 3.85. The van der Waals surface area contributed by atoms with Crippen molar-refractivity contribution < 1.29 is 9.53 Å². The van der Waals surface area contributed by atoms with Crippen LogP contribution >= 0.6 is 11.8 Å². The molecule has 1 amide bonds. The normalized spacial score (nSPS) is 21.1. The van der Waals surface area contributed by atoms with E-state index in [9.17, 15) is 10.1 Å². The molecule has 2 aliphatic heterocycles. The highest BCUT2D eigenvalue weighted by Gasteiger charge is 2.37. The van der Waals surface area contributed by atoms with E-state index in [1.165, 1.54) is 0 Å². The molecule has 2 aromatic rings. The van der Waals surface area contributed by atoms with Crippen LogP contribution in [0.1, 0.15) is 35.2 Å². The first-order valence-corrected chi connectivity index (χ1v) is 10.8. The van der Waals surface area contributed by atoms with Gasteiger partial charge in [-0.25, -0.2) is 4.98 Å². The first-order chi connectivity index (χ1) is 13.7. The van der Waals surface area contributed by atoms with Crippen molar-refractivity contribution in [2.24, 2.45) is 0 Å². The number of likely N-dealkylation sites (tertiary alicyclic amines) is 1. The molecule has 2 aliphatic rings. The van der Waals surface area contributed by atoms with Crippen LogP contribution in [0, 0.1) is 11.3 Å². The van der Waals surface area contributed by atoms with Gasteiger partial charge in [0.1, 0.15) is 6.10 Å². The zero-order valence-electron chi connectivity index (χ0n) is 15.7. The summed E-state index contributed by atoms with van der Waals surface area (Å²) in [5.74, 6) is 2.67. The van der Waals surface area contributed by atoms with Gasteiger partial charge in [-0.15, -0.1) is 0 Å². The Labute approximate surface area is 169 Å². The molecule has 5 nitrogen and oxygen atoms in total. The van der Waals surface area contributed by atoms with Crippen LogP contribution in [0.3, 0.4) is 0 Å². The van der Waals surface area contributed by atoms with Gasteiger partial charge in [0.15, 0.2) is 0 Å². The average molecular weight is 394 g/mol. The number of hydrogen-bond acceptors (Lipinski definition) is 5. The van der Waals surface area contributed by atoms with Crippen LogP contribution in [0.4, 0.5) is 0 Å². The third-order valence-electron chi connectivity index (χ3n) is 5.60. The van der Waals surface area contributed by atoms with E-state index in [1.54, 1.807) is 18.3 Å². The molecule has 1 atom stereocenters. The number of carbonyl (C=O) groups is 1. The van der Waals surface area contributed by atoms with Crippen molar-refractivity contribution in [1.29, 1.82) is 5.26 Å². The van der Waals surface area contributed by atoms with Crippen LogP contribution in [0.5, 0.6) is 5.88 Å². The number of hydrogen-bond donors (Lipinski definition) is 0. The van der Waals surface area contributed by atoms with Crippen LogP contribution in [0.15, 0.2) is 48.7 Å². The molecule has 0 bridgehead atoms. The van der Waals surface area contributed by atoms with Gasteiger partial charge in [0.25, 0.3) is 5.91 Å². The maximum Gasteiger partial charge on any atom is 0.255 e. The van der Waals surface area contributed by atoms with Gasteiger partial charge < -0.3 is 9.64 Å². The second-order valence-electron chi connectivity index (χ2n) is 7.34. The zero-order valence-corrected chi connectivity index (χ0v) is 16.5. The summed E-state index contributed by atoms with van der Waals surface area (Å²) in [7, 11) is 0. The molecule has 1 aromatic heterocycles. The van der Waals surface area contributed by atoms with Gasteiger partial charge in [-0.2, -0.15) is 17.0 Å². The van der Waals surface area contributed by atoms with Crippen molar-refractivity contribution in [2.75, 3.05) is 24.6 Å². The first-order valence-electron chi connectivity index (χ1n) is 9.67. The minimum absolute atomic E-state index is 0.0323. The summed E-state index contributed by atoms with van der Waals surface area (Å²) in [4.78, 5) is 19.0. The Morgan fingerprint density at radius 1 is 1.21 bits per heavy atom. The van der Waals surface area contributed by atoms with Crippen LogP contribution in [0.25, 0.3) is 0 Å². The first kappa shape index (κ1) is 18.8. The van der Waals surface area contributed by atoms with E-state index in [0.29, 0.717) is 37.4 Å². The Morgan fingerprint density at radius 2 is 2.00 bits per heavy atom. The number of benzene rings is 1. The maximum atomic E-state index is 12.9. The van der Waals surface area contributed by atoms with Crippen molar-refractivity contribution >= 4 is 17.7 Å². The minimum Gasteiger partial charge on any atom is -0.473 e. The number of ether oxygens (including phenoxy) is 1. The number of pyridine rings is 1. The van der Waals surface area contributed by atoms with Gasteiger partial charge in [0, 0.05) is 31.1 Å². The van der Waals surface area contributed by atoms with Gasteiger partial charge >= 0.3 is 0 Å². The van der Waals surface area contributed by atoms with Crippen LogP contribution in [-0.4, -0.2) is 46.5 Å². The molecule has 144 valence electrons. The maximum absolute atomic E-state index is 12.9. The third kappa shape index (κ3) is 3.85. The third-order valence-corrected chi connectivity index (χ3v) is 6.74. The summed E-state index contributed by atoms with van der Waals surface area (Å²) in [5, 5.41) is 9.81. The minimum atomic E-state index is -0.507. The van der Waals surface area contributed by atoms with Gasteiger partial charge in [-0.1, -0.05) is 30.3 Å². The molecule has 0 radical (unpaired) electrons. The van der Waals surface area contributed by atoms with E-state index >= 15 is 0 Å². The van der Waals surface area contributed by atoms with E-state index in [1.807, 2.05) is 47.0 Å². The van der Waals surface area contributed by atoms with Crippen molar-refractivity contribution in [3.8, 4) is 11.9 Å². The summed E-state index contributed by atoms with van der Waals surface area (Å²) in [6.07, 6.45) is 4.16. The van der Waals surface area contributed by atoms with E-state index in [4.69, 9.17) is 4.74 Å². The molecule has 0 aliphatic carbocycles. The van der Waals surface area contributed by atoms with Gasteiger partial charge in [-0.3, -0.25) is 4.79 Å². The number of thioether (sulfide) groups is 1. The molecule has 4 rings (SSSR count). The molecule has 28 heavy (non-hydrogen) atoms. The smallest absolute Gasteiger partial charge is 0.255 e. The molecule has 2 fully saturated rings. The predicted molar refractivity (Wildman–Crippen MR) is 109 cm³/mol. The summed E-state index contributed by atoms with van der Waals surface area (Å²) < 4.78 is 5.85. The fraction of sp³-hybridized carbons (Fsp3) is 0.409. The molecular weight excluding hydrogens is 370 g/mol. The van der Waals surface area contributed by atoms with Crippen molar-refractivity contribution in [3.05, 3.63) is 59.8 Å². The van der Waals surface area contributed by atoms with E-state index in [-0.39, 0.29) is 12.0 Å². The lowest BCUT2D eigenvalue weighted by Gasteiger charge is -2.37. The Kier molecular flexibility index (Phi) is 5.54. The molecule has 3 heterocycles. The highest BCUT2D eigenvalue weighted by Crippen LogP contribution is 2.35. The zero-order chi connectivity index (χ0) is 19.4. The number of amides is 1. The lowest BCUT2D eigenvalue weighted by atomic mass is 9.74. The summed E-state index contributed by atoms with van der Waals surface area (Å²) in [6, 6.07) is 16.0. The quantitative estimate of drug-likeness (QED) is 0.793.